The highest BCUT2D eigenvalue weighted by Crippen LogP contribution is 2.33. The Morgan fingerprint density at radius 1 is 1.33 bits per heavy atom. The van der Waals surface area contributed by atoms with E-state index in [0.29, 0.717) is 6.42 Å². The molecule has 1 aromatic heterocycles. The minimum atomic E-state index is 0.0715. The lowest BCUT2D eigenvalue weighted by molar-refractivity contribution is -0.131. The molecule has 1 aliphatic rings. The zero-order chi connectivity index (χ0) is 14.7. The van der Waals surface area contributed by atoms with Crippen LogP contribution >= 0.6 is 0 Å². The summed E-state index contributed by atoms with van der Waals surface area (Å²) in [6.45, 7) is 0.791. The number of para-hydroxylation sites is 1. The number of rotatable bonds is 4. The molecule has 1 saturated heterocycles. The highest BCUT2D eigenvalue weighted by molar-refractivity contribution is 5.80. The SMILES string of the molecule is COc1ccccc1CC(=O)N1CCCC1c1ccco1. The summed E-state index contributed by atoms with van der Waals surface area (Å²) in [5.74, 6) is 1.76. The zero-order valence-electron chi connectivity index (χ0n) is 12.1. The van der Waals surface area contributed by atoms with Gasteiger partial charge in [-0.15, -0.1) is 0 Å². The third-order valence-electron chi connectivity index (χ3n) is 3.98. The maximum Gasteiger partial charge on any atom is 0.227 e. The molecule has 1 aliphatic heterocycles. The lowest BCUT2D eigenvalue weighted by Crippen LogP contribution is -2.31. The number of carbonyl (C=O) groups is 1. The van der Waals surface area contributed by atoms with Crippen molar-refractivity contribution in [2.45, 2.75) is 25.3 Å². The summed E-state index contributed by atoms with van der Waals surface area (Å²) < 4.78 is 10.8. The Hall–Kier alpha value is -2.23. The van der Waals surface area contributed by atoms with Crippen LogP contribution in [0.3, 0.4) is 0 Å². The minimum absolute atomic E-state index is 0.0715. The summed E-state index contributed by atoms with van der Waals surface area (Å²) >= 11 is 0. The van der Waals surface area contributed by atoms with Gasteiger partial charge in [-0.2, -0.15) is 0 Å². The summed E-state index contributed by atoms with van der Waals surface area (Å²) in [5, 5.41) is 0. The summed E-state index contributed by atoms with van der Waals surface area (Å²) in [4.78, 5) is 14.5. The fourth-order valence-corrected chi connectivity index (χ4v) is 2.96. The maximum atomic E-state index is 12.6. The number of carbonyl (C=O) groups excluding carboxylic acids is 1. The first-order valence-electron chi connectivity index (χ1n) is 7.24. The highest BCUT2D eigenvalue weighted by Gasteiger charge is 2.31. The maximum absolute atomic E-state index is 12.6. The second-order valence-electron chi connectivity index (χ2n) is 5.25. The van der Waals surface area contributed by atoms with E-state index in [2.05, 4.69) is 0 Å². The van der Waals surface area contributed by atoms with Crippen LogP contribution < -0.4 is 4.74 Å². The molecule has 0 N–H and O–H groups in total. The number of amides is 1. The smallest absolute Gasteiger partial charge is 0.227 e. The molecule has 0 aliphatic carbocycles. The molecule has 1 fully saturated rings. The average molecular weight is 285 g/mol. The number of benzene rings is 1. The van der Waals surface area contributed by atoms with Crippen LogP contribution in [0.2, 0.25) is 0 Å². The summed E-state index contributed by atoms with van der Waals surface area (Å²) in [7, 11) is 1.63. The van der Waals surface area contributed by atoms with E-state index in [9.17, 15) is 4.79 Å². The first-order chi connectivity index (χ1) is 10.3. The Morgan fingerprint density at radius 3 is 2.95 bits per heavy atom. The summed E-state index contributed by atoms with van der Waals surface area (Å²) in [5.41, 5.74) is 0.926. The van der Waals surface area contributed by atoms with E-state index in [1.54, 1.807) is 13.4 Å². The van der Waals surface area contributed by atoms with Crippen LogP contribution in [0.4, 0.5) is 0 Å². The number of hydrogen-bond acceptors (Lipinski definition) is 3. The van der Waals surface area contributed by atoms with Crippen LogP contribution in [0.1, 0.15) is 30.2 Å². The molecular formula is C17H19NO3. The molecule has 0 spiro atoms. The highest BCUT2D eigenvalue weighted by atomic mass is 16.5. The molecule has 2 heterocycles. The van der Waals surface area contributed by atoms with Crippen molar-refractivity contribution in [2.24, 2.45) is 0 Å². The quantitative estimate of drug-likeness (QED) is 0.866. The van der Waals surface area contributed by atoms with E-state index in [1.807, 2.05) is 41.3 Å². The van der Waals surface area contributed by atoms with Crippen molar-refractivity contribution in [3.05, 3.63) is 54.0 Å². The van der Waals surface area contributed by atoms with E-state index < -0.39 is 0 Å². The van der Waals surface area contributed by atoms with Gasteiger partial charge in [-0.05, 0) is 31.0 Å². The van der Waals surface area contributed by atoms with Crippen molar-refractivity contribution in [3.8, 4) is 5.75 Å². The predicted molar refractivity (Wildman–Crippen MR) is 79.1 cm³/mol. The van der Waals surface area contributed by atoms with E-state index in [-0.39, 0.29) is 11.9 Å². The largest absolute Gasteiger partial charge is 0.496 e. The number of furan rings is 1. The van der Waals surface area contributed by atoms with E-state index in [4.69, 9.17) is 9.15 Å². The summed E-state index contributed by atoms with van der Waals surface area (Å²) in [6, 6.07) is 11.6. The normalized spacial score (nSPS) is 18.0. The molecule has 110 valence electrons. The Labute approximate surface area is 124 Å². The molecule has 1 amide bonds. The topological polar surface area (TPSA) is 42.7 Å². The Morgan fingerprint density at radius 2 is 2.19 bits per heavy atom. The second-order valence-corrected chi connectivity index (χ2v) is 5.25. The molecule has 0 radical (unpaired) electrons. The standard InChI is InChI=1S/C17H19NO3/c1-20-15-8-3-2-6-13(15)12-17(19)18-10-4-7-14(18)16-9-5-11-21-16/h2-3,5-6,8-9,11,14H,4,7,10,12H2,1H3. The summed E-state index contributed by atoms with van der Waals surface area (Å²) in [6.07, 6.45) is 4.01. The monoisotopic (exact) mass is 285 g/mol. The Bertz CT molecular complexity index is 606. The van der Waals surface area contributed by atoms with Gasteiger partial charge in [0.1, 0.15) is 11.5 Å². The van der Waals surface area contributed by atoms with Gasteiger partial charge in [-0.1, -0.05) is 18.2 Å². The van der Waals surface area contributed by atoms with Gasteiger partial charge in [0.25, 0.3) is 0 Å². The van der Waals surface area contributed by atoms with Crippen LogP contribution in [0, 0.1) is 0 Å². The van der Waals surface area contributed by atoms with Gasteiger partial charge in [-0.25, -0.2) is 0 Å². The molecule has 0 saturated carbocycles. The molecule has 4 nitrogen and oxygen atoms in total. The number of hydrogen-bond donors (Lipinski definition) is 0. The number of ether oxygens (including phenoxy) is 1. The first kappa shape index (κ1) is 13.7. The van der Waals surface area contributed by atoms with Crippen molar-refractivity contribution in [1.82, 2.24) is 4.90 Å². The van der Waals surface area contributed by atoms with Crippen molar-refractivity contribution in [3.63, 3.8) is 0 Å². The van der Waals surface area contributed by atoms with Gasteiger partial charge in [0, 0.05) is 12.1 Å². The van der Waals surface area contributed by atoms with Gasteiger partial charge in [-0.3, -0.25) is 4.79 Å². The van der Waals surface area contributed by atoms with Gasteiger partial charge in [0.2, 0.25) is 5.91 Å². The van der Waals surface area contributed by atoms with Crippen LogP contribution in [0.5, 0.6) is 5.75 Å². The van der Waals surface area contributed by atoms with Gasteiger partial charge in [0.05, 0.1) is 25.8 Å². The molecule has 0 bridgehead atoms. The molecule has 1 atom stereocenters. The minimum Gasteiger partial charge on any atom is -0.496 e. The molecular weight excluding hydrogens is 266 g/mol. The third-order valence-corrected chi connectivity index (χ3v) is 3.98. The van der Waals surface area contributed by atoms with Crippen molar-refractivity contribution < 1.29 is 13.9 Å². The fraction of sp³-hybridized carbons (Fsp3) is 0.353. The van der Waals surface area contributed by atoms with Gasteiger partial charge in [0.15, 0.2) is 0 Å². The van der Waals surface area contributed by atoms with Crippen molar-refractivity contribution in [1.29, 1.82) is 0 Å². The molecule has 1 unspecified atom stereocenters. The van der Waals surface area contributed by atoms with Gasteiger partial charge >= 0.3 is 0 Å². The van der Waals surface area contributed by atoms with Crippen LogP contribution in [0.15, 0.2) is 47.1 Å². The lowest BCUT2D eigenvalue weighted by Gasteiger charge is -2.23. The Balaban J connectivity index is 1.75. The third kappa shape index (κ3) is 2.79. The molecule has 2 aromatic rings. The zero-order valence-corrected chi connectivity index (χ0v) is 12.1. The Kier molecular flexibility index (Phi) is 3.95. The van der Waals surface area contributed by atoms with Crippen LogP contribution in [0.25, 0.3) is 0 Å². The second kappa shape index (κ2) is 6.04. The molecule has 3 rings (SSSR count). The van der Waals surface area contributed by atoms with E-state index >= 15 is 0 Å². The van der Waals surface area contributed by atoms with Crippen molar-refractivity contribution in [2.75, 3.05) is 13.7 Å². The first-order valence-corrected chi connectivity index (χ1v) is 7.24. The van der Waals surface area contributed by atoms with Gasteiger partial charge < -0.3 is 14.1 Å². The van der Waals surface area contributed by atoms with E-state index in [1.165, 1.54) is 0 Å². The lowest BCUT2D eigenvalue weighted by atomic mass is 10.1. The number of nitrogens with zero attached hydrogens (tertiary/aromatic N) is 1. The molecule has 4 heteroatoms. The van der Waals surface area contributed by atoms with Crippen molar-refractivity contribution >= 4 is 5.91 Å². The molecule has 21 heavy (non-hydrogen) atoms. The van der Waals surface area contributed by atoms with Crippen LogP contribution in [-0.4, -0.2) is 24.5 Å². The molecule has 1 aromatic carbocycles. The predicted octanol–water partition coefficient (Wildman–Crippen LogP) is 3.19. The number of likely N-dealkylation sites (tertiary alicyclic amines) is 1. The van der Waals surface area contributed by atoms with E-state index in [0.717, 1.165) is 36.5 Å². The van der Waals surface area contributed by atoms with Crippen LogP contribution in [-0.2, 0) is 11.2 Å². The fourth-order valence-electron chi connectivity index (χ4n) is 2.96. The number of methoxy groups -OCH3 is 1. The average Bonchev–Trinajstić information content (AvgIpc) is 3.18.